The number of carbonyl (C=O) groups is 2. The van der Waals surface area contributed by atoms with Crippen LogP contribution in [0.2, 0.25) is 0 Å². The summed E-state index contributed by atoms with van der Waals surface area (Å²) in [5.74, 6) is 0.208. The highest BCUT2D eigenvalue weighted by Crippen LogP contribution is 2.47. The van der Waals surface area contributed by atoms with Gasteiger partial charge in [-0.15, -0.1) is 0 Å². The molecule has 1 aliphatic carbocycles. The number of hydrogen-bond acceptors (Lipinski definition) is 6. The van der Waals surface area contributed by atoms with Crippen molar-refractivity contribution in [3.8, 4) is 11.5 Å². The van der Waals surface area contributed by atoms with Crippen LogP contribution in [0.15, 0.2) is 70.4 Å². The highest BCUT2D eigenvalue weighted by molar-refractivity contribution is 5.89. The predicted molar refractivity (Wildman–Crippen MR) is 133 cm³/mol. The van der Waals surface area contributed by atoms with Gasteiger partial charge in [0.2, 0.25) is 11.7 Å². The molecule has 0 bridgehead atoms. The molecule has 2 atom stereocenters. The number of nitrogens with one attached hydrogen (secondary N) is 1. The topological polar surface area (TPSA) is 90.1 Å². The summed E-state index contributed by atoms with van der Waals surface area (Å²) < 4.78 is 16.1. The van der Waals surface area contributed by atoms with Crippen molar-refractivity contribution in [2.75, 3.05) is 6.61 Å². The summed E-state index contributed by atoms with van der Waals surface area (Å²) in [7, 11) is 0. The number of rotatable bonds is 8. The number of hydrogen-bond donors (Lipinski definition) is 1. The van der Waals surface area contributed by atoms with Crippen LogP contribution in [0.1, 0.15) is 67.3 Å². The van der Waals surface area contributed by atoms with Crippen molar-refractivity contribution in [1.82, 2.24) is 5.43 Å². The number of carbonyl (C=O) groups excluding carboxylic acids is 2. The molecule has 0 aliphatic heterocycles. The lowest BCUT2D eigenvalue weighted by Crippen LogP contribution is -2.20. The molecule has 0 unspecified atom stereocenters. The van der Waals surface area contributed by atoms with Crippen LogP contribution in [0.3, 0.4) is 0 Å². The summed E-state index contributed by atoms with van der Waals surface area (Å²) in [6.07, 6.45) is 3.76. The third-order valence-electron chi connectivity index (χ3n) is 5.91. The Morgan fingerprint density at radius 1 is 1.11 bits per heavy atom. The maximum atomic E-state index is 12.5. The first-order chi connectivity index (χ1) is 16.8. The van der Waals surface area contributed by atoms with E-state index in [0.29, 0.717) is 17.9 Å². The minimum Gasteiger partial charge on any atom is -0.490 e. The second kappa shape index (κ2) is 10.2. The smallest absolute Gasteiger partial charge is 0.379 e. The van der Waals surface area contributed by atoms with Crippen LogP contribution < -0.4 is 14.9 Å². The Bertz CT molecular complexity index is 1210. The Labute approximate surface area is 205 Å². The van der Waals surface area contributed by atoms with E-state index in [9.17, 15) is 9.59 Å². The summed E-state index contributed by atoms with van der Waals surface area (Å²) in [4.78, 5) is 24.7. The molecule has 1 aromatic heterocycles. The zero-order valence-corrected chi connectivity index (χ0v) is 20.4. The number of nitrogens with zero attached hydrogens (tertiary/aromatic N) is 1. The van der Waals surface area contributed by atoms with E-state index in [0.717, 1.165) is 6.42 Å². The van der Waals surface area contributed by atoms with Gasteiger partial charge < -0.3 is 13.9 Å². The van der Waals surface area contributed by atoms with Gasteiger partial charge >= 0.3 is 5.97 Å². The van der Waals surface area contributed by atoms with Crippen LogP contribution in [0.5, 0.6) is 11.5 Å². The van der Waals surface area contributed by atoms with Gasteiger partial charge in [0.15, 0.2) is 11.5 Å². The van der Waals surface area contributed by atoms with Crippen LogP contribution >= 0.6 is 0 Å². The Balaban J connectivity index is 1.34. The average molecular weight is 475 g/mol. The molecule has 0 saturated heterocycles. The first-order valence-corrected chi connectivity index (χ1v) is 11.7. The molecule has 35 heavy (non-hydrogen) atoms. The Hall–Kier alpha value is -3.87. The average Bonchev–Trinajstić information content (AvgIpc) is 3.44. The van der Waals surface area contributed by atoms with Gasteiger partial charge in [0, 0.05) is 5.92 Å². The van der Waals surface area contributed by atoms with Crippen molar-refractivity contribution in [3.05, 3.63) is 83.3 Å². The number of ether oxygens (including phenoxy) is 2. The van der Waals surface area contributed by atoms with Crippen LogP contribution in [0.4, 0.5) is 0 Å². The van der Waals surface area contributed by atoms with E-state index in [4.69, 9.17) is 13.9 Å². The highest BCUT2D eigenvalue weighted by Gasteiger charge is 2.44. The van der Waals surface area contributed by atoms with Gasteiger partial charge in [-0.25, -0.2) is 10.2 Å². The fourth-order valence-corrected chi connectivity index (χ4v) is 3.84. The van der Waals surface area contributed by atoms with Gasteiger partial charge in [-0.2, -0.15) is 5.10 Å². The fraction of sp³-hybridized carbons (Fsp3) is 0.321. The third kappa shape index (κ3) is 5.98. The van der Waals surface area contributed by atoms with Gasteiger partial charge in [0.1, 0.15) is 0 Å². The van der Waals surface area contributed by atoms with Crippen molar-refractivity contribution < 1.29 is 23.5 Å². The number of esters is 1. The molecular weight excluding hydrogens is 444 g/mol. The maximum Gasteiger partial charge on any atom is 0.379 e. The van der Waals surface area contributed by atoms with Crippen molar-refractivity contribution in [1.29, 1.82) is 0 Å². The summed E-state index contributed by atoms with van der Waals surface area (Å²) in [5, 5.41) is 4.11. The van der Waals surface area contributed by atoms with Gasteiger partial charge in [0.05, 0.1) is 19.1 Å². The third-order valence-corrected chi connectivity index (χ3v) is 5.91. The molecular formula is C28H30N2O5. The number of hydrazone groups is 1. The Morgan fingerprint density at radius 2 is 1.89 bits per heavy atom. The molecule has 1 aliphatic rings. The van der Waals surface area contributed by atoms with E-state index in [1.54, 1.807) is 24.3 Å². The standard InChI is InChI=1S/C28H30N2O5/c1-5-33-25-15-18(8-13-23(25)35-27(32)24-7-6-14-34-24)17-29-30-26(31)22-16-21(22)19-9-11-20(12-10-19)28(2,3)4/h6-15,17,21-22H,5,16H2,1-4H3,(H,30,31)/b29-17+/t21-,22-/m0/s1. The molecule has 7 nitrogen and oxygen atoms in total. The van der Waals surface area contributed by atoms with Crippen LogP contribution in [-0.2, 0) is 10.2 Å². The molecule has 3 aromatic rings. The van der Waals surface area contributed by atoms with E-state index < -0.39 is 5.97 Å². The largest absolute Gasteiger partial charge is 0.490 e. The Kier molecular flexibility index (Phi) is 7.05. The summed E-state index contributed by atoms with van der Waals surface area (Å²) >= 11 is 0. The summed E-state index contributed by atoms with van der Waals surface area (Å²) in [6.45, 7) is 8.79. The Morgan fingerprint density at radius 3 is 2.54 bits per heavy atom. The minimum absolute atomic E-state index is 0.0741. The lowest BCUT2D eigenvalue weighted by atomic mass is 9.86. The van der Waals surface area contributed by atoms with Gasteiger partial charge in [-0.1, -0.05) is 45.0 Å². The molecule has 0 spiro atoms. The zero-order valence-electron chi connectivity index (χ0n) is 20.4. The molecule has 7 heteroatoms. The molecule has 0 radical (unpaired) electrons. The molecule has 1 fully saturated rings. The van der Waals surface area contributed by atoms with E-state index in [1.807, 2.05) is 6.92 Å². The van der Waals surface area contributed by atoms with Crippen molar-refractivity contribution in [2.24, 2.45) is 11.0 Å². The molecule has 4 rings (SSSR count). The summed E-state index contributed by atoms with van der Waals surface area (Å²) in [5.41, 5.74) is 5.90. The van der Waals surface area contributed by atoms with Gasteiger partial charge in [-0.3, -0.25) is 4.79 Å². The zero-order chi connectivity index (χ0) is 25.0. The predicted octanol–water partition coefficient (Wildman–Crippen LogP) is 5.45. The molecule has 2 aromatic carbocycles. The molecule has 1 saturated carbocycles. The molecule has 1 amide bonds. The van der Waals surface area contributed by atoms with E-state index in [1.165, 1.54) is 29.7 Å². The van der Waals surface area contributed by atoms with Crippen LogP contribution in [-0.4, -0.2) is 24.7 Å². The first kappa shape index (κ1) is 24.3. The minimum atomic E-state index is -0.614. The van der Waals surface area contributed by atoms with Crippen molar-refractivity contribution >= 4 is 18.1 Å². The molecule has 182 valence electrons. The van der Waals surface area contributed by atoms with E-state index in [-0.39, 0.29) is 34.7 Å². The van der Waals surface area contributed by atoms with Gasteiger partial charge in [-0.05, 0) is 71.7 Å². The number of benzene rings is 2. The van der Waals surface area contributed by atoms with Crippen LogP contribution in [0.25, 0.3) is 0 Å². The molecule has 1 N–H and O–H groups in total. The van der Waals surface area contributed by atoms with Crippen molar-refractivity contribution in [2.45, 2.75) is 45.4 Å². The van der Waals surface area contributed by atoms with E-state index >= 15 is 0 Å². The van der Waals surface area contributed by atoms with Crippen molar-refractivity contribution in [3.63, 3.8) is 0 Å². The fourth-order valence-electron chi connectivity index (χ4n) is 3.84. The number of furan rings is 1. The monoisotopic (exact) mass is 474 g/mol. The second-order valence-electron chi connectivity index (χ2n) is 9.56. The normalized spacial score (nSPS) is 17.3. The second-order valence-corrected chi connectivity index (χ2v) is 9.56. The number of amides is 1. The maximum absolute atomic E-state index is 12.5. The van der Waals surface area contributed by atoms with Gasteiger partial charge in [0.25, 0.3) is 0 Å². The SMILES string of the molecule is CCOc1cc(/C=N/NC(=O)[C@H]2C[C@H]2c2ccc(C(C)(C)C)cc2)ccc1OC(=O)c1ccco1. The van der Waals surface area contributed by atoms with Crippen LogP contribution in [0, 0.1) is 5.92 Å². The highest BCUT2D eigenvalue weighted by atomic mass is 16.6. The van der Waals surface area contributed by atoms with E-state index in [2.05, 4.69) is 55.6 Å². The lowest BCUT2D eigenvalue weighted by Gasteiger charge is -2.19. The first-order valence-electron chi connectivity index (χ1n) is 11.7. The quantitative estimate of drug-likeness (QED) is 0.203. The summed E-state index contributed by atoms with van der Waals surface area (Å²) in [6, 6.07) is 16.7. The lowest BCUT2D eigenvalue weighted by molar-refractivity contribution is -0.122. The molecule has 1 heterocycles.